The van der Waals surface area contributed by atoms with Crippen LogP contribution in [0.1, 0.15) is 95.5 Å². The van der Waals surface area contributed by atoms with Gasteiger partial charge in [-0.25, -0.2) is 0 Å². The zero-order chi connectivity index (χ0) is 20.0. The number of ether oxygens (including phenoxy) is 2. The number of benzene rings is 1. The smallest absolute Gasteiger partial charge is 0.101 e. The van der Waals surface area contributed by atoms with Gasteiger partial charge in [0.05, 0.1) is 6.61 Å². The first-order valence-corrected chi connectivity index (χ1v) is 12.1. The molecule has 0 aliphatic heterocycles. The minimum Gasteiger partial charge on any atom is -0.381 e. The first-order valence-electron chi connectivity index (χ1n) is 12.1. The first kappa shape index (κ1) is 25.2. The van der Waals surface area contributed by atoms with Gasteiger partial charge in [0.15, 0.2) is 0 Å². The third kappa shape index (κ3) is 17.3. The molecule has 0 spiro atoms. The average molecular weight is 388 g/mol. The van der Waals surface area contributed by atoms with E-state index in [1.54, 1.807) is 0 Å². The van der Waals surface area contributed by atoms with E-state index < -0.39 is 0 Å². The van der Waals surface area contributed by atoms with Crippen molar-refractivity contribution in [3.05, 3.63) is 35.9 Å². The number of unbranched alkanes of at least 4 members (excludes halogenated alkanes) is 12. The maximum absolute atomic E-state index is 5.78. The van der Waals surface area contributed by atoms with E-state index in [4.69, 9.17) is 9.47 Å². The lowest BCUT2D eigenvalue weighted by Gasteiger charge is -2.06. The summed E-state index contributed by atoms with van der Waals surface area (Å²) in [4.78, 5) is 0. The van der Waals surface area contributed by atoms with Crippen molar-refractivity contribution < 1.29 is 9.47 Å². The highest BCUT2D eigenvalue weighted by Gasteiger charge is 1.96. The molecule has 0 saturated heterocycles. The van der Waals surface area contributed by atoms with Crippen molar-refractivity contribution in [3.63, 3.8) is 0 Å². The molecule has 0 aliphatic carbocycles. The minimum atomic E-state index is 0.747. The highest BCUT2D eigenvalue weighted by molar-refractivity contribution is 6.08. The predicted octanol–water partition coefficient (Wildman–Crippen LogP) is 6.73. The van der Waals surface area contributed by atoms with Gasteiger partial charge in [0, 0.05) is 19.8 Å². The molecule has 1 aromatic rings. The molecule has 0 unspecified atom stereocenters. The minimum absolute atomic E-state index is 0.747. The molecule has 160 valence electrons. The van der Waals surface area contributed by atoms with Crippen molar-refractivity contribution in [2.45, 2.75) is 103 Å². The monoisotopic (exact) mass is 388 g/mol. The molecule has 0 heterocycles. The van der Waals surface area contributed by atoms with Gasteiger partial charge in [-0.15, -0.1) is 0 Å². The van der Waals surface area contributed by atoms with E-state index in [0.29, 0.717) is 0 Å². The maximum atomic E-state index is 5.78. The standard InChI is InChI=1S/C25H45BO2/c26-20-14-7-3-1-2-4-8-15-21-27-22-16-9-5-6-10-17-23-28-24-25-18-12-11-13-19-25/h11-13,18-19H,1-10,14-17,20-24,26H2. The van der Waals surface area contributed by atoms with Crippen LogP contribution in [0.4, 0.5) is 0 Å². The molecule has 0 atom stereocenters. The summed E-state index contributed by atoms with van der Waals surface area (Å²) in [5.74, 6) is 0. The molecule has 0 aliphatic rings. The Balaban J connectivity index is 1.67. The summed E-state index contributed by atoms with van der Waals surface area (Å²) in [6.45, 7) is 3.56. The van der Waals surface area contributed by atoms with Crippen molar-refractivity contribution >= 4 is 7.85 Å². The molecule has 1 rings (SSSR count). The lowest BCUT2D eigenvalue weighted by molar-refractivity contribution is 0.116. The van der Waals surface area contributed by atoms with Crippen LogP contribution < -0.4 is 0 Å². The summed E-state index contributed by atoms with van der Waals surface area (Å²) < 4.78 is 11.5. The fourth-order valence-corrected chi connectivity index (χ4v) is 3.50. The summed E-state index contributed by atoms with van der Waals surface area (Å²) in [7, 11) is 2.28. The fourth-order valence-electron chi connectivity index (χ4n) is 3.50. The molecule has 1 aromatic carbocycles. The van der Waals surface area contributed by atoms with Crippen molar-refractivity contribution in [2.24, 2.45) is 0 Å². The van der Waals surface area contributed by atoms with Crippen LogP contribution in [0.3, 0.4) is 0 Å². The highest BCUT2D eigenvalue weighted by Crippen LogP contribution is 2.10. The maximum Gasteiger partial charge on any atom is 0.101 e. The van der Waals surface area contributed by atoms with Crippen molar-refractivity contribution in [2.75, 3.05) is 19.8 Å². The van der Waals surface area contributed by atoms with Gasteiger partial charge in [0.2, 0.25) is 0 Å². The van der Waals surface area contributed by atoms with Gasteiger partial charge in [-0.1, -0.05) is 107 Å². The second kappa shape index (κ2) is 20.9. The summed E-state index contributed by atoms with van der Waals surface area (Å²) in [6, 6.07) is 10.4. The van der Waals surface area contributed by atoms with E-state index in [1.165, 1.54) is 102 Å². The molecular weight excluding hydrogens is 343 g/mol. The Labute approximate surface area is 176 Å². The van der Waals surface area contributed by atoms with E-state index in [2.05, 4.69) is 32.1 Å². The topological polar surface area (TPSA) is 18.5 Å². The lowest BCUT2D eigenvalue weighted by atomic mass is 9.98. The molecule has 0 aromatic heterocycles. The molecule has 0 saturated carbocycles. The van der Waals surface area contributed by atoms with E-state index in [1.807, 2.05) is 6.07 Å². The van der Waals surface area contributed by atoms with Crippen LogP contribution in [-0.4, -0.2) is 27.7 Å². The Morgan fingerprint density at radius 2 is 0.929 bits per heavy atom. The molecule has 0 radical (unpaired) electrons. The number of hydrogen-bond acceptors (Lipinski definition) is 2. The van der Waals surface area contributed by atoms with Gasteiger partial charge in [-0.05, 0) is 24.8 Å². The van der Waals surface area contributed by atoms with Gasteiger partial charge < -0.3 is 9.47 Å². The Morgan fingerprint density at radius 3 is 1.43 bits per heavy atom. The molecule has 3 heteroatoms. The fraction of sp³-hybridized carbons (Fsp3) is 0.760. The van der Waals surface area contributed by atoms with Gasteiger partial charge >= 0.3 is 0 Å². The summed E-state index contributed by atoms with van der Waals surface area (Å²) in [6.07, 6.45) is 20.1. The van der Waals surface area contributed by atoms with Crippen LogP contribution in [0.15, 0.2) is 30.3 Å². The van der Waals surface area contributed by atoms with Crippen LogP contribution in [-0.2, 0) is 16.1 Å². The third-order valence-corrected chi connectivity index (χ3v) is 5.33. The Kier molecular flexibility index (Phi) is 18.9. The molecule has 0 fully saturated rings. The van der Waals surface area contributed by atoms with Crippen LogP contribution in [0.25, 0.3) is 0 Å². The zero-order valence-electron chi connectivity index (χ0n) is 18.6. The van der Waals surface area contributed by atoms with E-state index in [9.17, 15) is 0 Å². The quantitative estimate of drug-likeness (QED) is 0.172. The first-order chi connectivity index (χ1) is 13.9. The normalized spacial score (nSPS) is 11.1. The third-order valence-electron chi connectivity index (χ3n) is 5.33. The van der Waals surface area contributed by atoms with E-state index in [0.717, 1.165) is 26.4 Å². The summed E-state index contributed by atoms with van der Waals surface area (Å²) in [5, 5.41) is 0. The van der Waals surface area contributed by atoms with Crippen LogP contribution in [0, 0.1) is 0 Å². The zero-order valence-corrected chi connectivity index (χ0v) is 18.6. The highest BCUT2D eigenvalue weighted by atomic mass is 16.5. The summed E-state index contributed by atoms with van der Waals surface area (Å²) >= 11 is 0. The van der Waals surface area contributed by atoms with Gasteiger partial charge in [-0.2, -0.15) is 0 Å². The molecule has 0 bridgehead atoms. The van der Waals surface area contributed by atoms with E-state index in [-0.39, 0.29) is 0 Å². The largest absolute Gasteiger partial charge is 0.381 e. The Hall–Kier alpha value is -0.795. The van der Waals surface area contributed by atoms with Crippen LogP contribution in [0.2, 0.25) is 6.32 Å². The number of rotatable bonds is 21. The molecule has 0 amide bonds. The Bertz CT molecular complexity index is 410. The second-order valence-electron chi connectivity index (χ2n) is 8.10. The molecule has 2 nitrogen and oxygen atoms in total. The summed E-state index contributed by atoms with van der Waals surface area (Å²) in [5.41, 5.74) is 1.27. The van der Waals surface area contributed by atoms with Crippen LogP contribution >= 0.6 is 0 Å². The number of hydrogen-bond donors (Lipinski definition) is 0. The van der Waals surface area contributed by atoms with Crippen molar-refractivity contribution in [1.29, 1.82) is 0 Å². The van der Waals surface area contributed by atoms with Crippen LogP contribution in [0.5, 0.6) is 0 Å². The second-order valence-corrected chi connectivity index (χ2v) is 8.10. The van der Waals surface area contributed by atoms with E-state index >= 15 is 0 Å². The molecule has 28 heavy (non-hydrogen) atoms. The lowest BCUT2D eigenvalue weighted by Crippen LogP contribution is -1.97. The Morgan fingerprint density at radius 1 is 0.500 bits per heavy atom. The van der Waals surface area contributed by atoms with Gasteiger partial charge in [0.25, 0.3) is 0 Å². The SMILES string of the molecule is BCCCCCCCCCCOCCCCCCCCOCc1ccccc1. The van der Waals surface area contributed by atoms with Gasteiger partial charge in [-0.3, -0.25) is 0 Å². The van der Waals surface area contributed by atoms with Crippen molar-refractivity contribution in [1.82, 2.24) is 0 Å². The van der Waals surface area contributed by atoms with Crippen molar-refractivity contribution in [3.8, 4) is 0 Å². The predicted molar refractivity (Wildman–Crippen MR) is 125 cm³/mol. The molecular formula is C25H45BO2. The average Bonchev–Trinajstić information content (AvgIpc) is 2.73. The molecule has 0 N–H and O–H groups in total. The van der Waals surface area contributed by atoms with Gasteiger partial charge in [0.1, 0.15) is 7.85 Å².